The second-order valence-electron chi connectivity index (χ2n) is 4.82. The first-order valence-corrected chi connectivity index (χ1v) is 6.36. The zero-order chi connectivity index (χ0) is 14.3. The van der Waals surface area contributed by atoms with Gasteiger partial charge < -0.3 is 15.5 Å². The zero-order valence-electron chi connectivity index (χ0n) is 11.7. The number of rotatable bonds is 2. The van der Waals surface area contributed by atoms with Crippen molar-refractivity contribution in [2.24, 2.45) is 0 Å². The summed E-state index contributed by atoms with van der Waals surface area (Å²) in [6.07, 6.45) is 0. The summed E-state index contributed by atoms with van der Waals surface area (Å²) in [5.74, 6) is 1.32. The Bertz CT molecular complexity index is 792. The standard InChI is InChI=1S/C15H16N4O/c1-8-6-10(16)7-11(9(8)2)14-17-12-4-5-13(20-3)18-15(12)19-14/h4-7H,16H2,1-3H3,(H,17,18,19). The van der Waals surface area contributed by atoms with Crippen LogP contribution < -0.4 is 10.5 Å². The van der Waals surface area contributed by atoms with Crippen LogP contribution in [0.2, 0.25) is 0 Å². The van der Waals surface area contributed by atoms with E-state index in [4.69, 9.17) is 10.5 Å². The summed E-state index contributed by atoms with van der Waals surface area (Å²) in [5.41, 5.74) is 11.5. The fourth-order valence-electron chi connectivity index (χ4n) is 2.25. The van der Waals surface area contributed by atoms with Gasteiger partial charge >= 0.3 is 0 Å². The molecule has 0 bridgehead atoms. The second kappa shape index (κ2) is 4.52. The van der Waals surface area contributed by atoms with Gasteiger partial charge in [-0.15, -0.1) is 0 Å². The normalized spacial score (nSPS) is 10.9. The van der Waals surface area contributed by atoms with Crippen LogP contribution in [0.5, 0.6) is 5.88 Å². The van der Waals surface area contributed by atoms with Crippen molar-refractivity contribution in [2.75, 3.05) is 12.8 Å². The van der Waals surface area contributed by atoms with E-state index in [0.29, 0.717) is 11.5 Å². The molecule has 0 amide bonds. The first-order valence-electron chi connectivity index (χ1n) is 6.36. The second-order valence-corrected chi connectivity index (χ2v) is 4.82. The van der Waals surface area contributed by atoms with Crippen LogP contribution >= 0.6 is 0 Å². The summed E-state index contributed by atoms with van der Waals surface area (Å²) < 4.78 is 5.11. The number of ether oxygens (including phenoxy) is 1. The van der Waals surface area contributed by atoms with Crippen molar-refractivity contribution >= 4 is 16.9 Å². The summed E-state index contributed by atoms with van der Waals surface area (Å²) in [6, 6.07) is 7.61. The number of fused-ring (bicyclic) bond motifs is 1. The molecule has 0 radical (unpaired) electrons. The van der Waals surface area contributed by atoms with Crippen molar-refractivity contribution in [3.63, 3.8) is 0 Å². The lowest BCUT2D eigenvalue weighted by Crippen LogP contribution is -1.93. The summed E-state index contributed by atoms with van der Waals surface area (Å²) in [6.45, 7) is 4.10. The molecule has 2 heterocycles. The van der Waals surface area contributed by atoms with Gasteiger partial charge in [0.2, 0.25) is 5.88 Å². The minimum atomic E-state index is 0.552. The first kappa shape index (κ1) is 12.5. The molecule has 0 aliphatic heterocycles. The number of nitrogen functional groups attached to an aromatic ring is 1. The first-order chi connectivity index (χ1) is 9.58. The molecule has 5 heteroatoms. The number of nitrogens with one attached hydrogen (secondary N) is 1. The van der Waals surface area contributed by atoms with E-state index < -0.39 is 0 Å². The number of nitrogens with two attached hydrogens (primary N) is 1. The van der Waals surface area contributed by atoms with Crippen molar-refractivity contribution in [2.45, 2.75) is 13.8 Å². The van der Waals surface area contributed by atoms with Crippen molar-refractivity contribution in [3.05, 3.63) is 35.4 Å². The molecule has 0 saturated carbocycles. The molecule has 0 spiro atoms. The number of aryl methyl sites for hydroxylation is 1. The van der Waals surface area contributed by atoms with Gasteiger partial charge in [0.05, 0.1) is 12.6 Å². The molecule has 2 aromatic heterocycles. The molecule has 102 valence electrons. The van der Waals surface area contributed by atoms with Crippen LogP contribution in [0, 0.1) is 13.8 Å². The van der Waals surface area contributed by atoms with Crippen LogP contribution in [0.1, 0.15) is 11.1 Å². The Labute approximate surface area is 116 Å². The van der Waals surface area contributed by atoms with Crippen LogP contribution in [0.15, 0.2) is 24.3 Å². The van der Waals surface area contributed by atoms with E-state index >= 15 is 0 Å². The maximum Gasteiger partial charge on any atom is 0.215 e. The number of aromatic nitrogens is 3. The molecule has 3 N–H and O–H groups in total. The molecule has 20 heavy (non-hydrogen) atoms. The van der Waals surface area contributed by atoms with Gasteiger partial charge in [0, 0.05) is 17.3 Å². The van der Waals surface area contributed by atoms with Crippen LogP contribution in [0.25, 0.3) is 22.6 Å². The monoisotopic (exact) mass is 268 g/mol. The quantitative estimate of drug-likeness (QED) is 0.701. The van der Waals surface area contributed by atoms with Crippen molar-refractivity contribution < 1.29 is 4.74 Å². The number of benzene rings is 1. The average molecular weight is 268 g/mol. The van der Waals surface area contributed by atoms with E-state index in [1.807, 2.05) is 31.2 Å². The topological polar surface area (TPSA) is 76.8 Å². The van der Waals surface area contributed by atoms with Gasteiger partial charge in [-0.05, 0) is 43.2 Å². The van der Waals surface area contributed by atoms with E-state index in [9.17, 15) is 0 Å². The SMILES string of the molecule is COc1ccc2[nH]c(-c3cc(N)cc(C)c3C)nc2n1. The number of hydrogen-bond acceptors (Lipinski definition) is 4. The third-order valence-electron chi connectivity index (χ3n) is 3.47. The maximum atomic E-state index is 5.93. The number of aromatic amines is 1. The highest BCUT2D eigenvalue weighted by Gasteiger charge is 2.11. The predicted molar refractivity (Wildman–Crippen MR) is 79.8 cm³/mol. The highest BCUT2D eigenvalue weighted by Crippen LogP contribution is 2.28. The van der Waals surface area contributed by atoms with Gasteiger partial charge in [0.25, 0.3) is 0 Å². The van der Waals surface area contributed by atoms with Crippen molar-refractivity contribution in [3.8, 4) is 17.3 Å². The Morgan fingerprint density at radius 1 is 1.15 bits per heavy atom. The molecule has 0 fully saturated rings. The molecule has 5 nitrogen and oxygen atoms in total. The van der Waals surface area contributed by atoms with Gasteiger partial charge in [-0.25, -0.2) is 4.98 Å². The summed E-state index contributed by atoms with van der Waals surface area (Å²) >= 11 is 0. The molecule has 3 aromatic rings. The number of hydrogen-bond donors (Lipinski definition) is 2. The number of methoxy groups -OCH3 is 1. The Balaban J connectivity index is 2.20. The molecule has 0 aliphatic rings. The van der Waals surface area contributed by atoms with E-state index in [1.54, 1.807) is 7.11 Å². The third kappa shape index (κ3) is 1.97. The molecule has 0 saturated heterocycles. The molecular weight excluding hydrogens is 252 g/mol. The number of H-pyrrole nitrogens is 1. The minimum Gasteiger partial charge on any atom is -0.481 e. The minimum absolute atomic E-state index is 0.552. The van der Waals surface area contributed by atoms with Gasteiger partial charge in [-0.1, -0.05) is 0 Å². The molecule has 0 aliphatic carbocycles. The number of imidazole rings is 1. The van der Waals surface area contributed by atoms with Gasteiger partial charge in [-0.2, -0.15) is 4.98 Å². The molecule has 1 aromatic carbocycles. The lowest BCUT2D eigenvalue weighted by Gasteiger charge is -2.07. The number of nitrogens with zero attached hydrogens (tertiary/aromatic N) is 2. The smallest absolute Gasteiger partial charge is 0.215 e. The van der Waals surface area contributed by atoms with Gasteiger partial charge in [-0.3, -0.25) is 0 Å². The average Bonchev–Trinajstić information content (AvgIpc) is 2.85. The van der Waals surface area contributed by atoms with Gasteiger partial charge in [0.15, 0.2) is 5.65 Å². The van der Waals surface area contributed by atoms with Gasteiger partial charge in [0.1, 0.15) is 5.82 Å². The van der Waals surface area contributed by atoms with E-state index in [1.165, 1.54) is 0 Å². The fourth-order valence-corrected chi connectivity index (χ4v) is 2.25. The van der Waals surface area contributed by atoms with Crippen LogP contribution in [0.3, 0.4) is 0 Å². The van der Waals surface area contributed by atoms with E-state index in [2.05, 4.69) is 21.9 Å². The predicted octanol–water partition coefficient (Wildman–Crippen LogP) is 2.83. The summed E-state index contributed by atoms with van der Waals surface area (Å²) in [7, 11) is 1.59. The van der Waals surface area contributed by atoms with Crippen LogP contribution in [-0.2, 0) is 0 Å². The van der Waals surface area contributed by atoms with E-state index in [-0.39, 0.29) is 0 Å². The summed E-state index contributed by atoms with van der Waals surface area (Å²) in [4.78, 5) is 12.1. The lowest BCUT2D eigenvalue weighted by atomic mass is 10.0. The molecule has 3 rings (SSSR count). The number of pyridine rings is 1. The van der Waals surface area contributed by atoms with Crippen LogP contribution in [0.4, 0.5) is 5.69 Å². The molecule has 0 unspecified atom stereocenters. The Kier molecular flexibility index (Phi) is 2.82. The highest BCUT2D eigenvalue weighted by molar-refractivity contribution is 5.78. The Morgan fingerprint density at radius 2 is 1.95 bits per heavy atom. The Hall–Kier alpha value is -2.56. The summed E-state index contributed by atoms with van der Waals surface area (Å²) in [5, 5.41) is 0. The largest absolute Gasteiger partial charge is 0.481 e. The maximum absolute atomic E-state index is 5.93. The van der Waals surface area contributed by atoms with E-state index in [0.717, 1.165) is 33.7 Å². The zero-order valence-corrected chi connectivity index (χ0v) is 11.7. The van der Waals surface area contributed by atoms with Crippen LogP contribution in [-0.4, -0.2) is 22.1 Å². The van der Waals surface area contributed by atoms with Crippen molar-refractivity contribution in [1.82, 2.24) is 15.0 Å². The fraction of sp³-hybridized carbons (Fsp3) is 0.200. The highest BCUT2D eigenvalue weighted by atomic mass is 16.5. The van der Waals surface area contributed by atoms with Crippen molar-refractivity contribution in [1.29, 1.82) is 0 Å². The molecule has 0 atom stereocenters. The number of anilines is 1. The lowest BCUT2D eigenvalue weighted by molar-refractivity contribution is 0.399. The third-order valence-corrected chi connectivity index (χ3v) is 3.47. The Morgan fingerprint density at radius 3 is 2.70 bits per heavy atom. The molecular formula is C15H16N4O.